The van der Waals surface area contributed by atoms with Crippen molar-refractivity contribution in [3.63, 3.8) is 0 Å². The molecule has 0 saturated heterocycles. The smallest absolute Gasteiger partial charge is 0.255 e. The molecular weight excluding hydrogens is 271 g/mol. The molecule has 1 saturated carbocycles. The number of carbonyl (C=O) groups is 1. The number of likely N-dealkylation sites (N-methyl/N-ethyl adjacent to an activating group) is 1. The Bertz CT molecular complexity index is 511. The number of benzene rings is 1. The SMILES string of the molecule is CCN(CC)CC1(NC(=O)c2cccc(F)c2OC)CC1. The zero-order chi connectivity index (χ0) is 15.5. The summed E-state index contributed by atoms with van der Waals surface area (Å²) in [6.07, 6.45) is 1.93. The van der Waals surface area contributed by atoms with Gasteiger partial charge >= 0.3 is 0 Å². The Morgan fingerprint density at radius 2 is 2.05 bits per heavy atom. The van der Waals surface area contributed by atoms with Gasteiger partial charge in [-0.05, 0) is 38.1 Å². The van der Waals surface area contributed by atoms with Crippen LogP contribution in [0.25, 0.3) is 0 Å². The molecule has 0 atom stereocenters. The summed E-state index contributed by atoms with van der Waals surface area (Å²) in [7, 11) is 1.37. The third-order valence-corrected chi connectivity index (χ3v) is 4.07. The molecule has 1 aromatic rings. The number of nitrogens with zero attached hydrogens (tertiary/aromatic N) is 1. The van der Waals surface area contributed by atoms with Crippen molar-refractivity contribution in [3.8, 4) is 5.75 Å². The molecule has 0 heterocycles. The lowest BCUT2D eigenvalue weighted by molar-refractivity contribution is 0.0914. The van der Waals surface area contributed by atoms with E-state index in [9.17, 15) is 9.18 Å². The van der Waals surface area contributed by atoms with Gasteiger partial charge in [-0.2, -0.15) is 0 Å². The number of para-hydroxylation sites is 1. The molecule has 0 aromatic heterocycles. The van der Waals surface area contributed by atoms with Crippen LogP contribution >= 0.6 is 0 Å². The van der Waals surface area contributed by atoms with Crippen molar-refractivity contribution in [1.82, 2.24) is 10.2 Å². The zero-order valence-electron chi connectivity index (χ0n) is 12.9. The molecule has 1 aliphatic rings. The van der Waals surface area contributed by atoms with Crippen LogP contribution in [-0.4, -0.2) is 43.1 Å². The fraction of sp³-hybridized carbons (Fsp3) is 0.562. The Morgan fingerprint density at radius 1 is 1.38 bits per heavy atom. The number of carbonyl (C=O) groups excluding carboxylic acids is 1. The molecule has 116 valence electrons. The van der Waals surface area contributed by atoms with Crippen LogP contribution in [0.1, 0.15) is 37.0 Å². The van der Waals surface area contributed by atoms with Gasteiger partial charge in [0.05, 0.1) is 18.2 Å². The lowest BCUT2D eigenvalue weighted by atomic mass is 10.1. The fourth-order valence-corrected chi connectivity index (χ4v) is 2.55. The largest absolute Gasteiger partial charge is 0.493 e. The van der Waals surface area contributed by atoms with Crippen molar-refractivity contribution in [2.45, 2.75) is 32.2 Å². The molecule has 1 fully saturated rings. The summed E-state index contributed by atoms with van der Waals surface area (Å²) < 4.78 is 18.7. The summed E-state index contributed by atoms with van der Waals surface area (Å²) in [5.74, 6) is -0.775. The van der Waals surface area contributed by atoms with Gasteiger partial charge in [0.2, 0.25) is 0 Å². The number of hydrogen-bond donors (Lipinski definition) is 1. The van der Waals surface area contributed by atoms with Crippen LogP contribution < -0.4 is 10.1 Å². The molecule has 1 amide bonds. The highest BCUT2D eigenvalue weighted by molar-refractivity contribution is 5.97. The quantitative estimate of drug-likeness (QED) is 0.840. The van der Waals surface area contributed by atoms with Gasteiger partial charge in [0.25, 0.3) is 5.91 Å². The van der Waals surface area contributed by atoms with E-state index in [0.717, 1.165) is 32.5 Å². The van der Waals surface area contributed by atoms with Crippen molar-refractivity contribution in [1.29, 1.82) is 0 Å². The molecule has 0 aliphatic heterocycles. The van der Waals surface area contributed by atoms with Crippen molar-refractivity contribution < 1.29 is 13.9 Å². The van der Waals surface area contributed by atoms with Gasteiger partial charge in [0.1, 0.15) is 0 Å². The van der Waals surface area contributed by atoms with Crippen LogP contribution in [0.2, 0.25) is 0 Å². The van der Waals surface area contributed by atoms with E-state index >= 15 is 0 Å². The van der Waals surface area contributed by atoms with Gasteiger partial charge in [-0.3, -0.25) is 4.79 Å². The lowest BCUT2D eigenvalue weighted by Crippen LogP contribution is -2.46. The van der Waals surface area contributed by atoms with Gasteiger partial charge < -0.3 is 15.0 Å². The molecule has 1 N–H and O–H groups in total. The van der Waals surface area contributed by atoms with Crippen LogP contribution in [0.3, 0.4) is 0 Å². The second-order valence-electron chi connectivity index (χ2n) is 5.52. The molecule has 4 nitrogen and oxygen atoms in total. The third-order valence-electron chi connectivity index (χ3n) is 4.07. The minimum atomic E-state index is -0.515. The Morgan fingerprint density at radius 3 is 2.57 bits per heavy atom. The third kappa shape index (κ3) is 3.53. The number of amides is 1. The van der Waals surface area contributed by atoms with Crippen LogP contribution in [0, 0.1) is 5.82 Å². The first-order valence-electron chi connectivity index (χ1n) is 7.42. The molecular formula is C16H23FN2O2. The molecule has 2 rings (SSSR count). The first kappa shape index (κ1) is 15.8. The molecule has 1 aliphatic carbocycles. The minimum absolute atomic E-state index is 0.00800. The van der Waals surface area contributed by atoms with E-state index < -0.39 is 5.82 Å². The number of rotatable bonds is 7. The first-order valence-corrected chi connectivity index (χ1v) is 7.42. The zero-order valence-corrected chi connectivity index (χ0v) is 12.9. The summed E-state index contributed by atoms with van der Waals surface area (Å²) >= 11 is 0. The Labute approximate surface area is 125 Å². The van der Waals surface area contributed by atoms with E-state index in [0.29, 0.717) is 0 Å². The van der Waals surface area contributed by atoms with Crippen molar-refractivity contribution >= 4 is 5.91 Å². The molecule has 0 bridgehead atoms. The summed E-state index contributed by atoms with van der Waals surface area (Å²) in [5, 5.41) is 3.06. The van der Waals surface area contributed by atoms with Crippen LogP contribution in [0.4, 0.5) is 4.39 Å². The van der Waals surface area contributed by atoms with E-state index in [4.69, 9.17) is 4.74 Å². The van der Waals surface area contributed by atoms with Crippen molar-refractivity contribution in [3.05, 3.63) is 29.6 Å². The van der Waals surface area contributed by atoms with Crippen LogP contribution in [0.5, 0.6) is 5.75 Å². The number of nitrogens with one attached hydrogen (secondary N) is 1. The number of halogens is 1. The summed E-state index contributed by atoms with van der Waals surface area (Å²) in [6.45, 7) is 6.96. The predicted molar refractivity (Wildman–Crippen MR) is 80.2 cm³/mol. The fourth-order valence-electron chi connectivity index (χ4n) is 2.55. The van der Waals surface area contributed by atoms with Gasteiger partial charge in [-0.25, -0.2) is 4.39 Å². The predicted octanol–water partition coefficient (Wildman–Crippen LogP) is 2.44. The van der Waals surface area contributed by atoms with Crippen LogP contribution in [0.15, 0.2) is 18.2 Å². The lowest BCUT2D eigenvalue weighted by Gasteiger charge is -2.26. The molecule has 1 aromatic carbocycles. The highest BCUT2D eigenvalue weighted by Crippen LogP contribution is 2.37. The van der Waals surface area contributed by atoms with E-state index in [1.54, 1.807) is 6.07 Å². The molecule has 21 heavy (non-hydrogen) atoms. The summed E-state index contributed by atoms with van der Waals surface area (Å²) in [6, 6.07) is 4.40. The van der Waals surface area contributed by atoms with E-state index in [2.05, 4.69) is 24.1 Å². The van der Waals surface area contributed by atoms with Crippen molar-refractivity contribution in [2.24, 2.45) is 0 Å². The van der Waals surface area contributed by atoms with E-state index in [1.807, 2.05) is 0 Å². The number of methoxy groups -OCH3 is 1. The average molecular weight is 294 g/mol. The summed E-state index contributed by atoms with van der Waals surface area (Å²) in [4.78, 5) is 14.7. The first-order chi connectivity index (χ1) is 10.0. The molecule has 5 heteroatoms. The second kappa shape index (κ2) is 6.43. The maximum Gasteiger partial charge on any atom is 0.255 e. The maximum absolute atomic E-state index is 13.7. The van der Waals surface area contributed by atoms with Gasteiger partial charge in [-0.1, -0.05) is 19.9 Å². The molecule has 0 spiro atoms. The van der Waals surface area contributed by atoms with E-state index in [-0.39, 0.29) is 22.8 Å². The average Bonchev–Trinajstić information content (AvgIpc) is 3.24. The van der Waals surface area contributed by atoms with E-state index in [1.165, 1.54) is 19.2 Å². The standard InChI is InChI=1S/C16H23FN2O2/c1-4-19(5-2)11-16(9-10-16)18-15(20)12-7-6-8-13(17)14(12)21-3/h6-8H,4-5,9-11H2,1-3H3,(H,18,20). The monoisotopic (exact) mass is 294 g/mol. The van der Waals surface area contributed by atoms with Gasteiger partial charge in [0.15, 0.2) is 11.6 Å². The van der Waals surface area contributed by atoms with Crippen molar-refractivity contribution in [2.75, 3.05) is 26.7 Å². The maximum atomic E-state index is 13.7. The summed E-state index contributed by atoms with van der Waals surface area (Å²) in [5.41, 5.74) is 0.0868. The Kier molecular flexibility index (Phi) is 4.83. The second-order valence-corrected chi connectivity index (χ2v) is 5.52. The van der Waals surface area contributed by atoms with Gasteiger partial charge in [0, 0.05) is 6.54 Å². The molecule has 0 unspecified atom stereocenters. The molecule has 0 radical (unpaired) electrons. The van der Waals surface area contributed by atoms with Crippen LogP contribution in [-0.2, 0) is 0 Å². The number of hydrogen-bond acceptors (Lipinski definition) is 3. The topological polar surface area (TPSA) is 41.6 Å². The minimum Gasteiger partial charge on any atom is -0.493 e. The number of ether oxygens (including phenoxy) is 1. The Balaban J connectivity index is 2.10. The highest BCUT2D eigenvalue weighted by Gasteiger charge is 2.45. The highest BCUT2D eigenvalue weighted by atomic mass is 19.1. The van der Waals surface area contributed by atoms with Gasteiger partial charge in [-0.15, -0.1) is 0 Å². The Hall–Kier alpha value is -1.62. The normalized spacial score (nSPS) is 15.9.